The summed E-state index contributed by atoms with van der Waals surface area (Å²) >= 11 is 5.87. The van der Waals surface area contributed by atoms with Crippen molar-refractivity contribution >= 4 is 17.3 Å². The zero-order chi connectivity index (χ0) is 16.1. The molecule has 6 heteroatoms. The first-order valence-electron chi connectivity index (χ1n) is 6.75. The average molecular weight is 321 g/mol. The summed E-state index contributed by atoms with van der Waals surface area (Å²) in [5.41, 5.74) is 1.80. The molecule has 0 saturated heterocycles. The van der Waals surface area contributed by atoms with Gasteiger partial charge in [0.25, 0.3) is 0 Å². The van der Waals surface area contributed by atoms with E-state index in [4.69, 9.17) is 22.2 Å². The van der Waals surface area contributed by atoms with Crippen molar-refractivity contribution in [1.82, 2.24) is 0 Å². The van der Waals surface area contributed by atoms with Crippen LogP contribution in [-0.2, 0) is 6.42 Å². The molecule has 22 heavy (non-hydrogen) atoms. The minimum Gasteiger partial charge on any atom is -0.507 e. The van der Waals surface area contributed by atoms with E-state index in [1.807, 2.05) is 31.2 Å². The maximum atomic E-state index is 9.93. The number of aromatic hydroxyl groups is 2. The van der Waals surface area contributed by atoms with E-state index in [9.17, 15) is 10.2 Å². The standard InChI is InChI=1S/C16H17ClN2O3/c1-2-22-11-5-3-10(4-6-11)7-14(19-18)12-8-13(17)16(21)9-15(12)20/h3-6,8-9,20-21H,2,7,18H2,1H3. The number of phenolic OH excluding ortho intramolecular Hbond substituents is 2. The largest absolute Gasteiger partial charge is 0.507 e. The Morgan fingerprint density at radius 1 is 1.18 bits per heavy atom. The normalized spacial score (nSPS) is 11.5. The van der Waals surface area contributed by atoms with Crippen molar-refractivity contribution in [2.45, 2.75) is 13.3 Å². The number of nitrogens with two attached hydrogens (primary N) is 1. The third kappa shape index (κ3) is 3.62. The van der Waals surface area contributed by atoms with Gasteiger partial charge in [-0.25, -0.2) is 0 Å². The Morgan fingerprint density at radius 3 is 2.45 bits per heavy atom. The summed E-state index contributed by atoms with van der Waals surface area (Å²) in [5.74, 6) is 5.90. The molecule has 116 valence electrons. The highest BCUT2D eigenvalue weighted by atomic mass is 35.5. The van der Waals surface area contributed by atoms with E-state index in [0.29, 0.717) is 24.3 Å². The lowest BCUT2D eigenvalue weighted by molar-refractivity contribution is 0.340. The van der Waals surface area contributed by atoms with Crippen LogP contribution in [0.4, 0.5) is 0 Å². The van der Waals surface area contributed by atoms with Crippen LogP contribution in [0.5, 0.6) is 17.2 Å². The van der Waals surface area contributed by atoms with Crippen LogP contribution >= 0.6 is 11.6 Å². The number of hydrazone groups is 1. The highest BCUT2D eigenvalue weighted by Crippen LogP contribution is 2.31. The molecule has 0 aromatic heterocycles. The quantitative estimate of drug-likeness (QED) is 0.449. The minimum absolute atomic E-state index is 0.126. The molecular formula is C16H17ClN2O3. The summed E-state index contributed by atoms with van der Waals surface area (Å²) in [5, 5.41) is 23.3. The number of hydrogen-bond acceptors (Lipinski definition) is 5. The van der Waals surface area contributed by atoms with E-state index in [0.717, 1.165) is 11.3 Å². The first-order valence-corrected chi connectivity index (χ1v) is 7.13. The number of hydrogen-bond donors (Lipinski definition) is 3. The van der Waals surface area contributed by atoms with Crippen LogP contribution in [0.25, 0.3) is 0 Å². The van der Waals surface area contributed by atoms with E-state index in [2.05, 4.69) is 5.10 Å². The van der Waals surface area contributed by atoms with E-state index in [1.54, 1.807) is 0 Å². The summed E-state index contributed by atoms with van der Waals surface area (Å²) in [7, 11) is 0. The molecule has 2 rings (SSSR count). The highest BCUT2D eigenvalue weighted by molar-refractivity contribution is 6.32. The third-order valence-electron chi connectivity index (χ3n) is 3.14. The van der Waals surface area contributed by atoms with Gasteiger partial charge in [0.1, 0.15) is 17.2 Å². The second kappa shape index (κ2) is 7.04. The van der Waals surface area contributed by atoms with Crippen LogP contribution in [0, 0.1) is 0 Å². The zero-order valence-corrected chi connectivity index (χ0v) is 12.8. The zero-order valence-electron chi connectivity index (χ0n) is 12.1. The molecule has 4 N–H and O–H groups in total. The Hall–Kier alpha value is -2.40. The van der Waals surface area contributed by atoms with E-state index in [-0.39, 0.29) is 16.5 Å². The van der Waals surface area contributed by atoms with Gasteiger partial charge in [-0.15, -0.1) is 0 Å². The summed E-state index contributed by atoms with van der Waals surface area (Å²) in [6.45, 7) is 2.53. The Morgan fingerprint density at radius 2 is 1.86 bits per heavy atom. The lowest BCUT2D eigenvalue weighted by Crippen LogP contribution is -2.09. The van der Waals surface area contributed by atoms with Gasteiger partial charge in [-0.2, -0.15) is 5.10 Å². The summed E-state index contributed by atoms with van der Waals surface area (Å²) in [6.07, 6.45) is 0.414. The molecule has 0 aliphatic heterocycles. The Labute approximate surface area is 133 Å². The van der Waals surface area contributed by atoms with Crippen molar-refractivity contribution in [2.75, 3.05) is 6.61 Å². The molecule has 0 amide bonds. The van der Waals surface area contributed by atoms with Gasteiger partial charge in [0.05, 0.1) is 17.3 Å². The van der Waals surface area contributed by atoms with Gasteiger partial charge in [0, 0.05) is 18.1 Å². The molecule has 0 fully saturated rings. The molecule has 0 saturated carbocycles. The van der Waals surface area contributed by atoms with Crippen LogP contribution in [0.1, 0.15) is 18.1 Å². The Bertz CT molecular complexity index is 685. The van der Waals surface area contributed by atoms with Gasteiger partial charge in [0.2, 0.25) is 0 Å². The van der Waals surface area contributed by atoms with E-state index >= 15 is 0 Å². The van der Waals surface area contributed by atoms with Gasteiger partial charge in [-0.05, 0) is 30.7 Å². The number of nitrogens with zero attached hydrogens (tertiary/aromatic N) is 1. The van der Waals surface area contributed by atoms with Crippen molar-refractivity contribution < 1.29 is 14.9 Å². The first-order chi connectivity index (χ1) is 10.5. The van der Waals surface area contributed by atoms with Crippen LogP contribution in [0.15, 0.2) is 41.5 Å². The number of ether oxygens (including phenoxy) is 1. The lowest BCUT2D eigenvalue weighted by Gasteiger charge is -2.10. The summed E-state index contributed by atoms with van der Waals surface area (Å²) < 4.78 is 5.38. The monoisotopic (exact) mass is 320 g/mol. The minimum atomic E-state index is -0.194. The average Bonchev–Trinajstić information content (AvgIpc) is 2.51. The number of phenols is 2. The Kier molecular flexibility index (Phi) is 5.12. The summed E-state index contributed by atoms with van der Waals surface area (Å²) in [6, 6.07) is 10.1. The maximum Gasteiger partial charge on any atom is 0.137 e. The predicted molar refractivity (Wildman–Crippen MR) is 86.8 cm³/mol. The van der Waals surface area contributed by atoms with Crippen molar-refractivity contribution in [3.05, 3.63) is 52.5 Å². The van der Waals surface area contributed by atoms with Gasteiger partial charge in [0.15, 0.2) is 0 Å². The number of rotatable bonds is 5. The predicted octanol–water partition coefficient (Wildman–Crippen LogP) is 3.06. The van der Waals surface area contributed by atoms with Crippen molar-refractivity contribution in [3.8, 4) is 17.2 Å². The van der Waals surface area contributed by atoms with Crippen molar-refractivity contribution in [2.24, 2.45) is 10.9 Å². The van der Waals surface area contributed by atoms with Crippen molar-refractivity contribution in [3.63, 3.8) is 0 Å². The molecule has 0 atom stereocenters. The van der Waals surface area contributed by atoms with Crippen LogP contribution in [-0.4, -0.2) is 22.5 Å². The van der Waals surface area contributed by atoms with Gasteiger partial charge in [-0.1, -0.05) is 23.7 Å². The molecule has 2 aromatic rings. The van der Waals surface area contributed by atoms with Crippen molar-refractivity contribution in [1.29, 1.82) is 0 Å². The molecule has 0 bridgehead atoms. The van der Waals surface area contributed by atoms with Gasteiger partial charge >= 0.3 is 0 Å². The fourth-order valence-electron chi connectivity index (χ4n) is 2.06. The molecule has 0 spiro atoms. The molecular weight excluding hydrogens is 304 g/mol. The molecule has 0 heterocycles. The van der Waals surface area contributed by atoms with E-state index in [1.165, 1.54) is 12.1 Å². The van der Waals surface area contributed by atoms with E-state index < -0.39 is 0 Å². The fourth-order valence-corrected chi connectivity index (χ4v) is 2.22. The highest BCUT2D eigenvalue weighted by Gasteiger charge is 2.13. The smallest absolute Gasteiger partial charge is 0.137 e. The topological polar surface area (TPSA) is 88.1 Å². The molecule has 0 aliphatic carbocycles. The van der Waals surface area contributed by atoms with Gasteiger partial charge in [-0.3, -0.25) is 0 Å². The Balaban J connectivity index is 2.24. The molecule has 0 radical (unpaired) electrons. The SMILES string of the molecule is CCOc1ccc(CC(=NN)c2cc(Cl)c(O)cc2O)cc1. The maximum absolute atomic E-state index is 9.93. The fraction of sp³-hybridized carbons (Fsp3) is 0.188. The number of halogens is 1. The first kappa shape index (κ1) is 16.0. The second-order valence-corrected chi connectivity index (χ2v) is 5.06. The second-order valence-electron chi connectivity index (χ2n) is 4.65. The van der Waals surface area contributed by atoms with Crippen LogP contribution in [0.3, 0.4) is 0 Å². The van der Waals surface area contributed by atoms with Crippen LogP contribution < -0.4 is 10.6 Å². The lowest BCUT2D eigenvalue weighted by atomic mass is 10.0. The number of benzene rings is 2. The molecule has 5 nitrogen and oxygen atoms in total. The summed E-state index contributed by atoms with van der Waals surface area (Å²) in [4.78, 5) is 0. The molecule has 2 aromatic carbocycles. The van der Waals surface area contributed by atoms with Gasteiger partial charge < -0.3 is 20.8 Å². The van der Waals surface area contributed by atoms with Crippen LogP contribution in [0.2, 0.25) is 5.02 Å². The molecule has 0 unspecified atom stereocenters. The molecule has 0 aliphatic rings. The third-order valence-corrected chi connectivity index (χ3v) is 3.44.